The number of hydrogen-bond donors (Lipinski definition) is 0. The van der Waals surface area contributed by atoms with Crippen LogP contribution in [0.2, 0.25) is 0 Å². The molecule has 0 spiro atoms. The fraction of sp³-hybridized carbons (Fsp3) is 1.00. The maximum absolute atomic E-state index is 2.52. The minimum absolute atomic E-state index is 0.676. The van der Waals surface area contributed by atoms with Crippen LogP contribution in [-0.4, -0.2) is 24.0 Å². The average molecular weight is 185 g/mol. The molecule has 0 saturated heterocycles. The van der Waals surface area contributed by atoms with Crippen LogP contribution in [0, 0.1) is 5.92 Å². The van der Waals surface area contributed by atoms with Crippen molar-refractivity contribution < 1.29 is 0 Å². The maximum atomic E-state index is 2.52. The van der Waals surface area contributed by atoms with Gasteiger partial charge in [0, 0.05) is 12.1 Å². The average Bonchev–Trinajstić information content (AvgIpc) is 2.01. The number of nitrogens with zero attached hydrogens (tertiary/aromatic N) is 1. The highest BCUT2D eigenvalue weighted by Crippen LogP contribution is 2.16. The molecule has 1 unspecified atom stereocenters. The zero-order valence-corrected chi connectivity index (χ0v) is 10.3. The number of rotatable bonds is 6. The van der Waals surface area contributed by atoms with Crippen LogP contribution in [0.4, 0.5) is 0 Å². The van der Waals surface area contributed by atoms with E-state index in [0.29, 0.717) is 6.04 Å². The Hall–Kier alpha value is -0.0400. The van der Waals surface area contributed by atoms with Crippen molar-refractivity contribution in [2.45, 2.75) is 66.0 Å². The topological polar surface area (TPSA) is 3.24 Å². The molecule has 0 N–H and O–H groups in total. The maximum Gasteiger partial charge on any atom is 0.00972 e. The Bertz CT molecular complexity index is 118. The predicted molar refractivity (Wildman–Crippen MR) is 61.1 cm³/mol. The molecule has 0 aromatic carbocycles. The van der Waals surface area contributed by atoms with Crippen LogP contribution in [-0.2, 0) is 0 Å². The molecular weight excluding hydrogens is 158 g/mol. The van der Waals surface area contributed by atoms with Gasteiger partial charge in [-0.3, -0.25) is 0 Å². The normalized spacial score (nSPS) is 14.5. The molecule has 0 aliphatic rings. The first-order valence-electron chi connectivity index (χ1n) is 5.70. The second kappa shape index (κ2) is 6.42. The first-order valence-corrected chi connectivity index (χ1v) is 5.70. The summed E-state index contributed by atoms with van der Waals surface area (Å²) in [6.45, 7) is 11.5. The van der Waals surface area contributed by atoms with Gasteiger partial charge in [-0.2, -0.15) is 0 Å². The van der Waals surface area contributed by atoms with E-state index in [-0.39, 0.29) is 0 Å². The summed E-state index contributed by atoms with van der Waals surface area (Å²) in [6.07, 6.45) is 3.98. The van der Waals surface area contributed by atoms with E-state index >= 15 is 0 Å². The van der Waals surface area contributed by atoms with E-state index in [4.69, 9.17) is 0 Å². The predicted octanol–water partition coefficient (Wildman–Crippen LogP) is 3.54. The summed E-state index contributed by atoms with van der Waals surface area (Å²) in [4.78, 5) is 2.52. The van der Waals surface area contributed by atoms with Crippen LogP contribution in [0.15, 0.2) is 0 Å². The van der Waals surface area contributed by atoms with Crippen molar-refractivity contribution in [3.05, 3.63) is 0 Å². The van der Waals surface area contributed by atoms with E-state index in [1.807, 2.05) is 0 Å². The Morgan fingerprint density at radius 1 is 1.08 bits per heavy atom. The van der Waals surface area contributed by atoms with Crippen LogP contribution in [0.25, 0.3) is 0 Å². The SMILES string of the molecule is CCCC(CC(C)C)N(C)C(C)C. The minimum atomic E-state index is 0.676. The molecule has 0 bridgehead atoms. The van der Waals surface area contributed by atoms with Crippen molar-refractivity contribution in [3.63, 3.8) is 0 Å². The largest absolute Gasteiger partial charge is 0.301 e. The fourth-order valence-corrected chi connectivity index (χ4v) is 1.79. The van der Waals surface area contributed by atoms with Gasteiger partial charge in [-0.15, -0.1) is 0 Å². The molecule has 1 heteroatoms. The Morgan fingerprint density at radius 2 is 1.62 bits per heavy atom. The molecule has 80 valence electrons. The zero-order valence-electron chi connectivity index (χ0n) is 10.3. The van der Waals surface area contributed by atoms with Crippen molar-refractivity contribution >= 4 is 0 Å². The monoisotopic (exact) mass is 185 g/mol. The summed E-state index contributed by atoms with van der Waals surface area (Å²) in [5.74, 6) is 0.817. The second-order valence-electron chi connectivity index (χ2n) is 4.83. The van der Waals surface area contributed by atoms with E-state index in [2.05, 4.69) is 46.6 Å². The van der Waals surface area contributed by atoms with Crippen molar-refractivity contribution in [2.24, 2.45) is 5.92 Å². The van der Waals surface area contributed by atoms with Crippen molar-refractivity contribution in [1.82, 2.24) is 4.90 Å². The molecule has 1 nitrogen and oxygen atoms in total. The molecule has 0 heterocycles. The van der Waals surface area contributed by atoms with Crippen molar-refractivity contribution in [1.29, 1.82) is 0 Å². The van der Waals surface area contributed by atoms with Gasteiger partial charge in [0.25, 0.3) is 0 Å². The lowest BCUT2D eigenvalue weighted by atomic mass is 9.98. The van der Waals surface area contributed by atoms with Crippen LogP contribution in [0.5, 0.6) is 0 Å². The molecule has 0 aliphatic heterocycles. The van der Waals surface area contributed by atoms with Gasteiger partial charge in [-0.25, -0.2) is 0 Å². The van der Waals surface area contributed by atoms with Gasteiger partial charge in [0.1, 0.15) is 0 Å². The lowest BCUT2D eigenvalue weighted by Crippen LogP contribution is -2.37. The lowest BCUT2D eigenvalue weighted by molar-refractivity contribution is 0.162. The van der Waals surface area contributed by atoms with Crippen molar-refractivity contribution in [3.8, 4) is 0 Å². The summed E-state index contributed by atoms with van der Waals surface area (Å²) in [7, 11) is 2.26. The third kappa shape index (κ3) is 5.30. The molecule has 0 radical (unpaired) electrons. The van der Waals surface area contributed by atoms with E-state index in [1.54, 1.807) is 0 Å². The molecule has 0 amide bonds. The Balaban J connectivity index is 4.06. The summed E-state index contributed by atoms with van der Waals surface area (Å²) in [5, 5.41) is 0. The summed E-state index contributed by atoms with van der Waals surface area (Å²) in [5.41, 5.74) is 0. The first kappa shape index (κ1) is 13.0. The highest BCUT2D eigenvalue weighted by Gasteiger charge is 2.17. The molecule has 0 fully saturated rings. The molecule has 0 aromatic heterocycles. The molecule has 13 heavy (non-hydrogen) atoms. The second-order valence-corrected chi connectivity index (χ2v) is 4.83. The minimum Gasteiger partial charge on any atom is -0.301 e. The quantitative estimate of drug-likeness (QED) is 0.612. The standard InChI is InChI=1S/C12H27N/c1-7-8-12(9-10(2)3)13(6)11(4)5/h10-12H,7-9H2,1-6H3. The van der Waals surface area contributed by atoms with Gasteiger partial charge in [0.15, 0.2) is 0 Å². The molecule has 0 aromatic rings. The van der Waals surface area contributed by atoms with Gasteiger partial charge in [-0.05, 0) is 39.7 Å². The highest BCUT2D eigenvalue weighted by atomic mass is 15.1. The third-order valence-electron chi connectivity index (χ3n) is 2.76. The fourth-order valence-electron chi connectivity index (χ4n) is 1.79. The molecule has 1 atom stereocenters. The molecule has 0 saturated carbocycles. The van der Waals surface area contributed by atoms with Crippen LogP contribution in [0.3, 0.4) is 0 Å². The first-order chi connectivity index (χ1) is 5.99. The summed E-state index contributed by atoms with van der Waals surface area (Å²) < 4.78 is 0. The van der Waals surface area contributed by atoms with Gasteiger partial charge < -0.3 is 4.90 Å². The zero-order chi connectivity index (χ0) is 10.4. The van der Waals surface area contributed by atoms with Crippen LogP contribution < -0.4 is 0 Å². The Morgan fingerprint density at radius 3 is 1.92 bits per heavy atom. The Kier molecular flexibility index (Phi) is 6.40. The molecule has 0 rings (SSSR count). The van der Waals surface area contributed by atoms with E-state index in [0.717, 1.165) is 12.0 Å². The van der Waals surface area contributed by atoms with Crippen LogP contribution >= 0.6 is 0 Å². The molecule has 0 aliphatic carbocycles. The number of hydrogen-bond acceptors (Lipinski definition) is 1. The summed E-state index contributed by atoms with van der Waals surface area (Å²) in [6, 6.07) is 1.46. The molecular formula is C12H27N. The van der Waals surface area contributed by atoms with E-state index in [1.165, 1.54) is 19.3 Å². The van der Waals surface area contributed by atoms with Gasteiger partial charge in [0.05, 0.1) is 0 Å². The van der Waals surface area contributed by atoms with Crippen LogP contribution in [0.1, 0.15) is 53.9 Å². The van der Waals surface area contributed by atoms with Crippen molar-refractivity contribution in [2.75, 3.05) is 7.05 Å². The highest BCUT2D eigenvalue weighted by molar-refractivity contribution is 4.72. The van der Waals surface area contributed by atoms with E-state index in [9.17, 15) is 0 Å². The summed E-state index contributed by atoms with van der Waals surface area (Å²) >= 11 is 0. The van der Waals surface area contributed by atoms with Gasteiger partial charge in [-0.1, -0.05) is 27.2 Å². The smallest absolute Gasteiger partial charge is 0.00972 e. The van der Waals surface area contributed by atoms with Gasteiger partial charge in [0.2, 0.25) is 0 Å². The lowest BCUT2D eigenvalue weighted by Gasteiger charge is -2.32. The third-order valence-corrected chi connectivity index (χ3v) is 2.76. The Labute approximate surface area is 84.5 Å². The van der Waals surface area contributed by atoms with E-state index < -0.39 is 0 Å². The van der Waals surface area contributed by atoms with Gasteiger partial charge >= 0.3 is 0 Å².